The number of amides is 1. The van der Waals surface area contributed by atoms with E-state index in [1.165, 1.54) is 11.1 Å². The average molecular weight is 413 g/mol. The van der Waals surface area contributed by atoms with E-state index in [1.807, 2.05) is 37.9 Å². The van der Waals surface area contributed by atoms with Gasteiger partial charge in [0.25, 0.3) is 0 Å². The number of rotatable bonds is 5. The zero-order valence-electron chi connectivity index (χ0n) is 18.3. The zero-order valence-corrected chi connectivity index (χ0v) is 18.3. The van der Waals surface area contributed by atoms with Crippen LogP contribution >= 0.6 is 0 Å². The minimum Gasteiger partial charge on any atom is -0.444 e. The van der Waals surface area contributed by atoms with Crippen LogP contribution in [-0.4, -0.2) is 58.3 Å². The van der Waals surface area contributed by atoms with Crippen molar-refractivity contribution in [2.24, 2.45) is 4.99 Å². The standard InChI is InChI=1S/C22H32N6O2/c1-22(2,3)30-21(29)26-19-9-11-28(15-19)20(23-4)25-13-17-5-7-18(8-6-17)14-27-12-10-24-16-27/h5-8,10,12,16,19H,9,11,13-15H2,1-4H3,(H,23,25)(H,26,29). The molecule has 1 aromatic carbocycles. The number of nitrogens with one attached hydrogen (secondary N) is 2. The first-order valence-electron chi connectivity index (χ1n) is 10.3. The van der Waals surface area contributed by atoms with E-state index in [2.05, 4.69) is 49.8 Å². The van der Waals surface area contributed by atoms with Crippen molar-refractivity contribution < 1.29 is 9.53 Å². The Bertz CT molecular complexity index is 840. The van der Waals surface area contributed by atoms with Gasteiger partial charge < -0.3 is 24.8 Å². The summed E-state index contributed by atoms with van der Waals surface area (Å²) in [5.41, 5.74) is 1.93. The van der Waals surface area contributed by atoms with E-state index in [0.29, 0.717) is 13.1 Å². The Morgan fingerprint density at radius 2 is 2.00 bits per heavy atom. The molecule has 162 valence electrons. The van der Waals surface area contributed by atoms with Gasteiger partial charge in [-0.2, -0.15) is 0 Å². The number of nitrogens with zero attached hydrogens (tertiary/aromatic N) is 4. The highest BCUT2D eigenvalue weighted by atomic mass is 16.6. The zero-order chi connectivity index (χ0) is 21.6. The Kier molecular flexibility index (Phi) is 6.97. The molecule has 1 atom stereocenters. The summed E-state index contributed by atoms with van der Waals surface area (Å²) >= 11 is 0. The average Bonchev–Trinajstić information content (AvgIpc) is 3.34. The summed E-state index contributed by atoms with van der Waals surface area (Å²) in [5, 5.41) is 6.37. The predicted octanol–water partition coefficient (Wildman–Crippen LogP) is 2.61. The first-order valence-corrected chi connectivity index (χ1v) is 10.3. The number of carbonyl (C=O) groups excluding carboxylic acids is 1. The smallest absolute Gasteiger partial charge is 0.407 e. The lowest BCUT2D eigenvalue weighted by atomic mass is 10.1. The number of ether oxygens (including phenoxy) is 1. The molecule has 30 heavy (non-hydrogen) atoms. The maximum atomic E-state index is 12.0. The van der Waals surface area contributed by atoms with Crippen LogP contribution in [0.3, 0.4) is 0 Å². The van der Waals surface area contributed by atoms with Gasteiger partial charge in [-0.3, -0.25) is 4.99 Å². The van der Waals surface area contributed by atoms with E-state index in [9.17, 15) is 4.79 Å². The first kappa shape index (κ1) is 21.7. The van der Waals surface area contributed by atoms with Crippen LogP contribution in [-0.2, 0) is 17.8 Å². The van der Waals surface area contributed by atoms with Gasteiger partial charge in [0.15, 0.2) is 5.96 Å². The molecule has 1 saturated heterocycles. The van der Waals surface area contributed by atoms with E-state index >= 15 is 0 Å². The normalized spacial score (nSPS) is 17.1. The summed E-state index contributed by atoms with van der Waals surface area (Å²) in [4.78, 5) is 22.6. The van der Waals surface area contributed by atoms with Gasteiger partial charge in [-0.05, 0) is 38.3 Å². The number of hydrogen-bond donors (Lipinski definition) is 2. The van der Waals surface area contributed by atoms with E-state index < -0.39 is 5.60 Å². The molecule has 1 aliphatic heterocycles. The second-order valence-electron chi connectivity index (χ2n) is 8.53. The summed E-state index contributed by atoms with van der Waals surface area (Å²) in [6.45, 7) is 8.65. The fraction of sp³-hybridized carbons (Fsp3) is 0.500. The van der Waals surface area contributed by atoms with Gasteiger partial charge in [0.1, 0.15) is 5.60 Å². The SMILES string of the molecule is CN=C(NCc1ccc(Cn2ccnc2)cc1)N1CCC(NC(=O)OC(C)(C)C)C1. The van der Waals surface area contributed by atoms with Gasteiger partial charge in [-0.25, -0.2) is 9.78 Å². The Labute approximate surface area is 178 Å². The number of imidazole rings is 1. The number of likely N-dealkylation sites (tertiary alicyclic amines) is 1. The lowest BCUT2D eigenvalue weighted by Crippen LogP contribution is -2.44. The molecule has 2 N–H and O–H groups in total. The number of hydrogen-bond acceptors (Lipinski definition) is 4. The van der Waals surface area contributed by atoms with Gasteiger partial charge in [-0.1, -0.05) is 24.3 Å². The van der Waals surface area contributed by atoms with Gasteiger partial charge >= 0.3 is 6.09 Å². The van der Waals surface area contributed by atoms with Gasteiger partial charge in [0.2, 0.25) is 0 Å². The van der Waals surface area contributed by atoms with Crippen molar-refractivity contribution in [3.8, 4) is 0 Å². The molecule has 1 aromatic heterocycles. The highest BCUT2D eigenvalue weighted by Gasteiger charge is 2.27. The molecular formula is C22H32N6O2. The number of carbonyl (C=O) groups is 1. The van der Waals surface area contributed by atoms with Crippen LogP contribution in [0.25, 0.3) is 0 Å². The van der Waals surface area contributed by atoms with Crippen LogP contribution in [0.5, 0.6) is 0 Å². The molecule has 1 amide bonds. The Morgan fingerprint density at radius 1 is 1.27 bits per heavy atom. The van der Waals surface area contributed by atoms with E-state index in [0.717, 1.165) is 25.5 Å². The molecule has 2 heterocycles. The molecule has 1 aliphatic rings. The maximum Gasteiger partial charge on any atom is 0.407 e. The quantitative estimate of drug-likeness (QED) is 0.583. The first-order chi connectivity index (χ1) is 14.3. The second-order valence-corrected chi connectivity index (χ2v) is 8.53. The minimum absolute atomic E-state index is 0.0564. The fourth-order valence-corrected chi connectivity index (χ4v) is 3.41. The molecule has 0 saturated carbocycles. The Balaban J connectivity index is 1.46. The molecule has 8 nitrogen and oxygen atoms in total. The number of guanidine groups is 1. The minimum atomic E-state index is -0.492. The van der Waals surface area contributed by atoms with E-state index in [1.54, 1.807) is 13.2 Å². The molecule has 2 aromatic rings. The van der Waals surface area contributed by atoms with E-state index in [-0.39, 0.29) is 12.1 Å². The Hall–Kier alpha value is -3.03. The van der Waals surface area contributed by atoms with Crippen molar-refractivity contribution in [3.63, 3.8) is 0 Å². The van der Waals surface area contributed by atoms with E-state index in [4.69, 9.17) is 4.74 Å². The number of aliphatic imine (C=N–C) groups is 1. The van der Waals surface area contributed by atoms with Gasteiger partial charge in [0.05, 0.1) is 12.4 Å². The fourth-order valence-electron chi connectivity index (χ4n) is 3.41. The number of alkyl carbamates (subject to hydrolysis) is 1. The molecule has 0 spiro atoms. The highest BCUT2D eigenvalue weighted by Crippen LogP contribution is 2.12. The van der Waals surface area contributed by atoms with Gasteiger partial charge in [0, 0.05) is 45.6 Å². The summed E-state index contributed by atoms with van der Waals surface area (Å²) in [5.74, 6) is 0.839. The molecule has 0 bridgehead atoms. The maximum absolute atomic E-state index is 12.0. The third-order valence-electron chi connectivity index (χ3n) is 4.82. The monoisotopic (exact) mass is 412 g/mol. The van der Waals surface area contributed by atoms with Crippen LogP contribution in [0.2, 0.25) is 0 Å². The predicted molar refractivity (Wildman–Crippen MR) is 117 cm³/mol. The summed E-state index contributed by atoms with van der Waals surface area (Å²) in [6.07, 6.45) is 6.06. The molecular weight excluding hydrogens is 380 g/mol. The Morgan fingerprint density at radius 3 is 2.63 bits per heavy atom. The van der Waals surface area contributed by atoms with Crippen molar-refractivity contribution in [1.82, 2.24) is 25.1 Å². The van der Waals surface area contributed by atoms with Crippen molar-refractivity contribution in [2.75, 3.05) is 20.1 Å². The topological polar surface area (TPSA) is 83.8 Å². The molecule has 1 unspecified atom stereocenters. The van der Waals surface area contributed by atoms with Crippen LogP contribution in [0, 0.1) is 0 Å². The van der Waals surface area contributed by atoms with Crippen molar-refractivity contribution >= 4 is 12.1 Å². The van der Waals surface area contributed by atoms with Crippen LogP contribution in [0.15, 0.2) is 48.0 Å². The lowest BCUT2D eigenvalue weighted by molar-refractivity contribution is 0.0507. The van der Waals surface area contributed by atoms with Crippen molar-refractivity contribution in [1.29, 1.82) is 0 Å². The van der Waals surface area contributed by atoms with Crippen LogP contribution in [0.4, 0.5) is 4.79 Å². The number of benzene rings is 1. The largest absolute Gasteiger partial charge is 0.444 e. The van der Waals surface area contributed by atoms with Crippen LogP contribution in [0.1, 0.15) is 38.3 Å². The van der Waals surface area contributed by atoms with Gasteiger partial charge in [-0.15, -0.1) is 0 Å². The molecule has 0 radical (unpaired) electrons. The van der Waals surface area contributed by atoms with Crippen LogP contribution < -0.4 is 10.6 Å². The third-order valence-corrected chi connectivity index (χ3v) is 4.82. The second kappa shape index (κ2) is 9.65. The summed E-state index contributed by atoms with van der Waals surface area (Å²) in [7, 11) is 1.78. The molecule has 0 aliphatic carbocycles. The molecule has 8 heteroatoms. The van der Waals surface area contributed by atoms with Crippen molar-refractivity contribution in [3.05, 3.63) is 54.1 Å². The number of aromatic nitrogens is 2. The lowest BCUT2D eigenvalue weighted by Gasteiger charge is -2.23. The highest BCUT2D eigenvalue weighted by molar-refractivity contribution is 5.80. The molecule has 3 rings (SSSR count). The summed E-state index contributed by atoms with van der Waals surface area (Å²) < 4.78 is 7.40. The van der Waals surface area contributed by atoms with Crippen molar-refractivity contribution in [2.45, 2.75) is 51.9 Å². The molecule has 1 fully saturated rings. The summed E-state index contributed by atoms with van der Waals surface area (Å²) in [6, 6.07) is 8.58. The third kappa shape index (κ3) is 6.50.